The van der Waals surface area contributed by atoms with E-state index in [1.54, 1.807) is 0 Å². The first kappa shape index (κ1) is 13.5. The van der Waals surface area contributed by atoms with Gasteiger partial charge in [0, 0.05) is 18.8 Å². The molecule has 0 radical (unpaired) electrons. The van der Waals surface area contributed by atoms with Crippen molar-refractivity contribution in [1.29, 1.82) is 0 Å². The lowest BCUT2D eigenvalue weighted by Crippen LogP contribution is -2.47. The molecule has 20 heavy (non-hydrogen) atoms. The highest BCUT2D eigenvalue weighted by molar-refractivity contribution is 5.79. The third kappa shape index (κ3) is 2.83. The quantitative estimate of drug-likeness (QED) is 0.864. The summed E-state index contributed by atoms with van der Waals surface area (Å²) < 4.78 is 5.82. The summed E-state index contributed by atoms with van der Waals surface area (Å²) in [5, 5.41) is 3.30. The minimum atomic E-state index is 0.00330. The zero-order valence-electron chi connectivity index (χ0n) is 11.8. The smallest absolute Gasteiger partial charge is 0.228 e. The molecule has 1 N–H and O–H groups in total. The average molecular weight is 275 g/mol. The molecular weight excluding hydrogens is 254 g/mol. The second-order valence-corrected chi connectivity index (χ2v) is 5.54. The Balaban J connectivity index is 1.74. The highest BCUT2D eigenvalue weighted by Crippen LogP contribution is 2.22. The Morgan fingerprint density at radius 3 is 3.25 bits per heavy atom. The van der Waals surface area contributed by atoms with Gasteiger partial charge in [0.15, 0.2) is 0 Å². The molecule has 2 saturated heterocycles. The van der Waals surface area contributed by atoms with Crippen molar-refractivity contribution in [2.75, 3.05) is 26.2 Å². The molecule has 0 aromatic carbocycles. The van der Waals surface area contributed by atoms with Crippen LogP contribution in [0.4, 0.5) is 0 Å². The summed E-state index contributed by atoms with van der Waals surface area (Å²) in [6, 6.07) is 5.94. The van der Waals surface area contributed by atoms with E-state index in [-0.39, 0.29) is 17.9 Å². The molecule has 0 saturated carbocycles. The van der Waals surface area contributed by atoms with E-state index in [0.717, 1.165) is 30.9 Å². The van der Waals surface area contributed by atoms with Crippen LogP contribution in [0.25, 0.3) is 0 Å². The van der Waals surface area contributed by atoms with E-state index in [0.29, 0.717) is 19.7 Å². The molecule has 1 amide bonds. The first-order valence-electron chi connectivity index (χ1n) is 7.27. The van der Waals surface area contributed by atoms with Crippen LogP contribution in [-0.4, -0.2) is 48.1 Å². The summed E-state index contributed by atoms with van der Waals surface area (Å²) in [5.41, 5.74) is 1.94. The van der Waals surface area contributed by atoms with Crippen molar-refractivity contribution in [1.82, 2.24) is 15.2 Å². The number of carbonyl (C=O) groups is 1. The molecule has 1 aromatic heterocycles. The fourth-order valence-corrected chi connectivity index (χ4v) is 2.99. The van der Waals surface area contributed by atoms with Gasteiger partial charge < -0.3 is 15.0 Å². The van der Waals surface area contributed by atoms with Gasteiger partial charge in [0.2, 0.25) is 5.91 Å². The summed E-state index contributed by atoms with van der Waals surface area (Å²) in [5.74, 6) is 0.223. The third-order valence-electron chi connectivity index (χ3n) is 4.05. The number of aromatic nitrogens is 1. The van der Waals surface area contributed by atoms with E-state index in [1.807, 2.05) is 30.0 Å². The van der Waals surface area contributed by atoms with Gasteiger partial charge >= 0.3 is 0 Å². The fraction of sp³-hybridized carbons (Fsp3) is 0.600. The van der Waals surface area contributed by atoms with Crippen molar-refractivity contribution in [3.8, 4) is 0 Å². The Labute approximate surface area is 119 Å². The summed E-state index contributed by atoms with van der Waals surface area (Å²) in [4.78, 5) is 19.0. The largest absolute Gasteiger partial charge is 0.374 e. The van der Waals surface area contributed by atoms with E-state index < -0.39 is 0 Å². The summed E-state index contributed by atoms with van der Waals surface area (Å²) in [6.07, 6.45) is 0.896. The van der Waals surface area contributed by atoms with Gasteiger partial charge in [0.05, 0.1) is 30.9 Å². The normalized spacial score (nSPS) is 27.1. The van der Waals surface area contributed by atoms with Crippen molar-refractivity contribution in [3.63, 3.8) is 0 Å². The molecule has 1 aromatic rings. The lowest BCUT2D eigenvalue weighted by atomic mass is 9.93. The molecule has 0 spiro atoms. The maximum atomic E-state index is 12.7. The number of amides is 1. The predicted octanol–water partition coefficient (Wildman–Crippen LogP) is 0.727. The lowest BCUT2D eigenvalue weighted by Gasteiger charge is -2.30. The Morgan fingerprint density at radius 2 is 2.40 bits per heavy atom. The van der Waals surface area contributed by atoms with Gasteiger partial charge in [-0.05, 0) is 32.0 Å². The van der Waals surface area contributed by atoms with Crippen molar-refractivity contribution in [2.45, 2.75) is 26.0 Å². The third-order valence-corrected chi connectivity index (χ3v) is 4.05. The monoisotopic (exact) mass is 275 g/mol. The molecule has 2 fully saturated rings. The van der Waals surface area contributed by atoms with Gasteiger partial charge in [-0.25, -0.2) is 0 Å². The summed E-state index contributed by atoms with van der Waals surface area (Å²) >= 11 is 0. The molecule has 2 aliphatic heterocycles. The molecule has 2 aliphatic rings. The van der Waals surface area contributed by atoms with Crippen LogP contribution in [-0.2, 0) is 16.1 Å². The van der Waals surface area contributed by atoms with Gasteiger partial charge in [-0.3, -0.25) is 9.78 Å². The molecule has 5 nitrogen and oxygen atoms in total. The van der Waals surface area contributed by atoms with Crippen LogP contribution in [0.2, 0.25) is 0 Å². The molecule has 108 valence electrons. The standard InChI is InChI=1S/C15H21N3O2/c1-11-3-2-4-12(17-11)10-18-7-8-20-14-9-16-6-5-13(14)15(18)19/h2-4,13-14,16H,5-10H2,1H3/t13-,14+/m1/s1. The van der Waals surface area contributed by atoms with E-state index in [2.05, 4.69) is 10.3 Å². The molecule has 3 heterocycles. The van der Waals surface area contributed by atoms with Gasteiger partial charge in [0.25, 0.3) is 0 Å². The zero-order chi connectivity index (χ0) is 13.9. The van der Waals surface area contributed by atoms with Crippen molar-refractivity contribution in [3.05, 3.63) is 29.6 Å². The van der Waals surface area contributed by atoms with Gasteiger partial charge in [0.1, 0.15) is 0 Å². The Bertz CT molecular complexity index is 492. The zero-order valence-corrected chi connectivity index (χ0v) is 11.8. The van der Waals surface area contributed by atoms with Crippen LogP contribution in [0.15, 0.2) is 18.2 Å². The molecule has 2 atom stereocenters. The molecule has 3 rings (SSSR count). The van der Waals surface area contributed by atoms with Crippen LogP contribution in [0.3, 0.4) is 0 Å². The SMILES string of the molecule is Cc1cccc(CN2CCO[C@H]3CNCC[C@H]3C2=O)n1. The van der Waals surface area contributed by atoms with E-state index in [9.17, 15) is 4.79 Å². The number of hydrogen-bond acceptors (Lipinski definition) is 4. The van der Waals surface area contributed by atoms with Crippen LogP contribution in [0.1, 0.15) is 17.8 Å². The highest BCUT2D eigenvalue weighted by atomic mass is 16.5. The number of piperidine rings is 1. The number of hydrogen-bond donors (Lipinski definition) is 1. The van der Waals surface area contributed by atoms with Gasteiger partial charge in [-0.15, -0.1) is 0 Å². The van der Waals surface area contributed by atoms with Crippen LogP contribution >= 0.6 is 0 Å². The number of fused-ring (bicyclic) bond motifs is 1. The lowest BCUT2D eigenvalue weighted by molar-refractivity contribution is -0.138. The topological polar surface area (TPSA) is 54.5 Å². The number of pyridine rings is 1. The first-order chi connectivity index (χ1) is 9.74. The molecule has 5 heteroatoms. The van der Waals surface area contributed by atoms with E-state index in [4.69, 9.17) is 4.74 Å². The van der Waals surface area contributed by atoms with Crippen LogP contribution < -0.4 is 5.32 Å². The Kier molecular flexibility index (Phi) is 3.98. The van der Waals surface area contributed by atoms with E-state index >= 15 is 0 Å². The highest BCUT2D eigenvalue weighted by Gasteiger charge is 2.36. The molecule has 0 aliphatic carbocycles. The van der Waals surface area contributed by atoms with Gasteiger partial charge in [-0.1, -0.05) is 6.07 Å². The van der Waals surface area contributed by atoms with Crippen molar-refractivity contribution in [2.24, 2.45) is 5.92 Å². The maximum Gasteiger partial charge on any atom is 0.228 e. The number of carbonyl (C=O) groups excluding carboxylic acids is 1. The minimum Gasteiger partial charge on any atom is -0.374 e. The van der Waals surface area contributed by atoms with Crippen LogP contribution in [0, 0.1) is 12.8 Å². The second kappa shape index (κ2) is 5.89. The second-order valence-electron chi connectivity index (χ2n) is 5.54. The molecular formula is C15H21N3O2. The summed E-state index contributed by atoms with van der Waals surface area (Å²) in [6.45, 7) is 5.50. The Morgan fingerprint density at radius 1 is 1.50 bits per heavy atom. The number of aryl methyl sites for hydroxylation is 1. The predicted molar refractivity (Wildman–Crippen MR) is 75.1 cm³/mol. The number of ether oxygens (including phenoxy) is 1. The van der Waals surface area contributed by atoms with Crippen molar-refractivity contribution < 1.29 is 9.53 Å². The van der Waals surface area contributed by atoms with Gasteiger partial charge in [-0.2, -0.15) is 0 Å². The fourth-order valence-electron chi connectivity index (χ4n) is 2.99. The maximum absolute atomic E-state index is 12.7. The van der Waals surface area contributed by atoms with E-state index in [1.165, 1.54) is 0 Å². The number of rotatable bonds is 2. The minimum absolute atomic E-state index is 0.00330. The average Bonchev–Trinajstić information content (AvgIpc) is 2.60. The summed E-state index contributed by atoms with van der Waals surface area (Å²) in [7, 11) is 0. The van der Waals surface area contributed by atoms with Crippen LogP contribution in [0.5, 0.6) is 0 Å². The Hall–Kier alpha value is -1.46. The number of nitrogens with zero attached hydrogens (tertiary/aromatic N) is 2. The number of nitrogens with one attached hydrogen (secondary N) is 1. The first-order valence-corrected chi connectivity index (χ1v) is 7.27. The van der Waals surface area contributed by atoms with Crippen molar-refractivity contribution >= 4 is 5.91 Å². The molecule has 0 unspecified atom stereocenters. The molecule has 0 bridgehead atoms.